The molecule has 1 aliphatic rings. The van der Waals surface area contributed by atoms with Gasteiger partial charge in [-0.05, 0) is 16.7 Å². The van der Waals surface area contributed by atoms with Gasteiger partial charge in [-0.15, -0.1) is 6.58 Å². The molecule has 0 fully saturated rings. The van der Waals surface area contributed by atoms with Crippen LogP contribution < -0.4 is 10.0 Å². The summed E-state index contributed by atoms with van der Waals surface area (Å²) in [6.07, 6.45) is 1.38. The summed E-state index contributed by atoms with van der Waals surface area (Å²) in [4.78, 5) is 0. The molecule has 1 aliphatic heterocycles. The van der Waals surface area contributed by atoms with Gasteiger partial charge in [0.25, 0.3) is 0 Å². The minimum Gasteiger partial charge on any atom is -0.309 e. The minimum absolute atomic E-state index is 0.0422. The lowest BCUT2D eigenvalue weighted by atomic mass is 10.1. The Bertz CT molecular complexity index is 523. The zero-order valence-corrected chi connectivity index (χ0v) is 10.4. The van der Waals surface area contributed by atoms with Crippen molar-refractivity contribution in [3.8, 4) is 0 Å². The van der Waals surface area contributed by atoms with E-state index in [4.69, 9.17) is 0 Å². The van der Waals surface area contributed by atoms with Crippen molar-refractivity contribution in [2.24, 2.45) is 0 Å². The fourth-order valence-electron chi connectivity index (χ4n) is 1.87. The molecule has 0 spiro atoms. The molecule has 0 saturated heterocycles. The van der Waals surface area contributed by atoms with Gasteiger partial charge < -0.3 is 5.32 Å². The number of rotatable bonds is 5. The Morgan fingerprint density at radius 3 is 2.88 bits per heavy atom. The maximum atomic E-state index is 11.4. The number of nitrogens with one attached hydrogen (secondary N) is 2. The van der Waals surface area contributed by atoms with Gasteiger partial charge in [-0.25, -0.2) is 13.1 Å². The van der Waals surface area contributed by atoms with Crippen LogP contribution in [-0.2, 0) is 29.7 Å². The van der Waals surface area contributed by atoms with Gasteiger partial charge in [-0.3, -0.25) is 0 Å². The van der Waals surface area contributed by atoms with Crippen LogP contribution in [0.25, 0.3) is 0 Å². The zero-order valence-electron chi connectivity index (χ0n) is 9.57. The average molecular weight is 252 g/mol. The van der Waals surface area contributed by atoms with Crippen LogP contribution in [-0.4, -0.2) is 14.2 Å². The summed E-state index contributed by atoms with van der Waals surface area (Å²) in [6.45, 7) is 5.52. The monoisotopic (exact) mass is 252 g/mol. The lowest BCUT2D eigenvalue weighted by molar-refractivity contribution is 0.584. The number of hydrogen-bond donors (Lipinski definition) is 2. The Hall–Kier alpha value is -1.17. The summed E-state index contributed by atoms with van der Waals surface area (Å²) < 4.78 is 25.4. The van der Waals surface area contributed by atoms with Crippen molar-refractivity contribution in [1.82, 2.24) is 10.0 Å². The number of benzene rings is 1. The van der Waals surface area contributed by atoms with Gasteiger partial charge in [0, 0.05) is 19.6 Å². The normalized spacial score (nSPS) is 14.6. The number of fused-ring (bicyclic) bond motifs is 1. The number of sulfonamides is 1. The molecule has 0 aromatic heterocycles. The summed E-state index contributed by atoms with van der Waals surface area (Å²) >= 11 is 0. The van der Waals surface area contributed by atoms with Crippen LogP contribution in [0.1, 0.15) is 16.7 Å². The van der Waals surface area contributed by atoms with Crippen LogP contribution in [0.2, 0.25) is 0 Å². The quantitative estimate of drug-likeness (QED) is 0.765. The van der Waals surface area contributed by atoms with Crippen molar-refractivity contribution < 1.29 is 8.42 Å². The molecule has 17 heavy (non-hydrogen) atoms. The largest absolute Gasteiger partial charge is 0.309 e. The Kier molecular flexibility index (Phi) is 3.61. The molecular weight excluding hydrogens is 236 g/mol. The van der Waals surface area contributed by atoms with Gasteiger partial charge in [-0.1, -0.05) is 24.3 Å². The highest BCUT2D eigenvalue weighted by Crippen LogP contribution is 2.16. The Morgan fingerprint density at radius 1 is 1.35 bits per heavy atom. The standard InChI is InChI=1S/C12H16N2O2S/c1-2-5-17(15,16)14-7-10-3-4-11-8-13-9-12(11)6-10/h2-4,6,13-14H,1,5,7-9H2. The van der Waals surface area contributed by atoms with Crippen LogP contribution in [0, 0.1) is 0 Å². The third-order valence-corrected chi connectivity index (χ3v) is 3.99. The zero-order chi connectivity index (χ0) is 12.3. The number of hydrogen-bond acceptors (Lipinski definition) is 3. The molecule has 5 heteroatoms. The van der Waals surface area contributed by atoms with E-state index in [0.717, 1.165) is 18.7 Å². The molecule has 1 heterocycles. The summed E-state index contributed by atoms with van der Waals surface area (Å²) in [5, 5.41) is 3.26. The smallest absolute Gasteiger partial charge is 0.215 e. The molecule has 0 amide bonds. The molecule has 1 aromatic rings. The molecule has 4 nitrogen and oxygen atoms in total. The van der Waals surface area contributed by atoms with E-state index in [0.29, 0.717) is 6.54 Å². The summed E-state index contributed by atoms with van der Waals surface area (Å²) in [7, 11) is -3.23. The van der Waals surface area contributed by atoms with E-state index in [1.54, 1.807) is 0 Å². The van der Waals surface area contributed by atoms with Gasteiger partial charge in [0.1, 0.15) is 0 Å². The summed E-state index contributed by atoms with van der Waals surface area (Å²) in [5.74, 6) is -0.0422. The molecule has 0 bridgehead atoms. The van der Waals surface area contributed by atoms with Crippen LogP contribution >= 0.6 is 0 Å². The highest BCUT2D eigenvalue weighted by Gasteiger charge is 2.11. The lowest BCUT2D eigenvalue weighted by Gasteiger charge is -2.06. The third kappa shape index (κ3) is 3.15. The van der Waals surface area contributed by atoms with Gasteiger partial charge in [0.05, 0.1) is 5.75 Å². The van der Waals surface area contributed by atoms with Crippen LogP contribution in [0.4, 0.5) is 0 Å². The molecule has 2 N–H and O–H groups in total. The van der Waals surface area contributed by atoms with Crippen LogP contribution in [0.5, 0.6) is 0 Å². The van der Waals surface area contributed by atoms with E-state index in [1.165, 1.54) is 17.2 Å². The molecular formula is C12H16N2O2S. The van der Waals surface area contributed by atoms with Gasteiger partial charge in [0.15, 0.2) is 0 Å². The SMILES string of the molecule is C=CCS(=O)(=O)NCc1ccc2c(c1)CNC2. The molecule has 0 aliphatic carbocycles. The van der Waals surface area contributed by atoms with E-state index in [2.05, 4.69) is 16.6 Å². The first kappa shape index (κ1) is 12.3. The van der Waals surface area contributed by atoms with Crippen molar-refractivity contribution in [3.05, 3.63) is 47.5 Å². The third-order valence-electron chi connectivity index (χ3n) is 2.74. The van der Waals surface area contributed by atoms with E-state index < -0.39 is 10.0 Å². The van der Waals surface area contributed by atoms with Gasteiger partial charge >= 0.3 is 0 Å². The van der Waals surface area contributed by atoms with E-state index >= 15 is 0 Å². The molecule has 0 radical (unpaired) electrons. The molecule has 0 unspecified atom stereocenters. The van der Waals surface area contributed by atoms with Crippen molar-refractivity contribution in [2.45, 2.75) is 19.6 Å². The van der Waals surface area contributed by atoms with Crippen molar-refractivity contribution >= 4 is 10.0 Å². The predicted molar refractivity (Wildman–Crippen MR) is 67.8 cm³/mol. The Labute approximate surface area is 102 Å². The van der Waals surface area contributed by atoms with E-state index in [-0.39, 0.29) is 5.75 Å². The second-order valence-corrected chi connectivity index (χ2v) is 5.95. The summed E-state index contributed by atoms with van der Waals surface area (Å²) in [6, 6.07) is 6.06. The topological polar surface area (TPSA) is 58.2 Å². The minimum atomic E-state index is -3.23. The summed E-state index contributed by atoms with van der Waals surface area (Å²) in [5.41, 5.74) is 3.54. The second kappa shape index (κ2) is 5.00. The highest BCUT2D eigenvalue weighted by molar-refractivity contribution is 7.89. The van der Waals surface area contributed by atoms with Crippen molar-refractivity contribution in [3.63, 3.8) is 0 Å². The van der Waals surface area contributed by atoms with E-state index in [1.807, 2.05) is 18.2 Å². The molecule has 1 aromatic carbocycles. The Morgan fingerprint density at radius 2 is 2.12 bits per heavy atom. The highest BCUT2D eigenvalue weighted by atomic mass is 32.2. The maximum absolute atomic E-state index is 11.4. The molecule has 0 saturated carbocycles. The molecule has 2 rings (SSSR count). The predicted octanol–water partition coefficient (Wildman–Crippen LogP) is 0.895. The molecule has 92 valence electrons. The second-order valence-electron chi connectivity index (χ2n) is 4.10. The fraction of sp³-hybridized carbons (Fsp3) is 0.333. The first-order valence-electron chi connectivity index (χ1n) is 5.50. The fourth-order valence-corrected chi connectivity index (χ4v) is 2.68. The van der Waals surface area contributed by atoms with Crippen LogP contribution in [0.3, 0.4) is 0 Å². The maximum Gasteiger partial charge on any atom is 0.215 e. The first-order valence-corrected chi connectivity index (χ1v) is 7.15. The van der Waals surface area contributed by atoms with Crippen LogP contribution in [0.15, 0.2) is 30.9 Å². The molecule has 0 atom stereocenters. The average Bonchev–Trinajstić information content (AvgIpc) is 2.73. The first-order chi connectivity index (χ1) is 8.11. The lowest BCUT2D eigenvalue weighted by Crippen LogP contribution is -2.25. The van der Waals surface area contributed by atoms with Gasteiger partial charge in [-0.2, -0.15) is 0 Å². The Balaban J connectivity index is 2.03. The van der Waals surface area contributed by atoms with E-state index in [9.17, 15) is 8.42 Å². The van der Waals surface area contributed by atoms with Crippen molar-refractivity contribution in [2.75, 3.05) is 5.75 Å². The van der Waals surface area contributed by atoms with Gasteiger partial charge in [0.2, 0.25) is 10.0 Å². The van der Waals surface area contributed by atoms with Crippen molar-refractivity contribution in [1.29, 1.82) is 0 Å².